The minimum Gasteiger partial charge on any atom is -0.456 e. The standard InChI is InChI=1S/C23H30N2O4/c1-16-3-4-19(25-11-9-23(2,27)10-12-25)18(15-16)24-22(26)21-6-5-20(29-21)17-7-13-28-14-8-17/h3-6,15,17,27H,7-14H2,1-2H3,(H,24,26). The molecule has 2 aliphatic heterocycles. The molecular formula is C23H30N2O4. The van der Waals surface area contributed by atoms with Crippen LogP contribution in [0.15, 0.2) is 34.7 Å². The number of piperidine rings is 1. The number of carbonyl (C=O) groups excluding carboxylic acids is 1. The van der Waals surface area contributed by atoms with E-state index in [2.05, 4.69) is 10.2 Å². The van der Waals surface area contributed by atoms with Crippen molar-refractivity contribution in [2.75, 3.05) is 36.5 Å². The smallest absolute Gasteiger partial charge is 0.291 e. The summed E-state index contributed by atoms with van der Waals surface area (Å²) in [6, 6.07) is 9.75. The Morgan fingerprint density at radius 3 is 2.62 bits per heavy atom. The monoisotopic (exact) mass is 398 g/mol. The van der Waals surface area contributed by atoms with Crippen molar-refractivity contribution in [1.82, 2.24) is 0 Å². The molecule has 29 heavy (non-hydrogen) atoms. The van der Waals surface area contributed by atoms with Crippen molar-refractivity contribution >= 4 is 17.3 Å². The molecular weight excluding hydrogens is 368 g/mol. The molecule has 2 N–H and O–H groups in total. The second kappa shape index (κ2) is 8.20. The molecule has 156 valence electrons. The fraction of sp³-hybridized carbons (Fsp3) is 0.522. The molecule has 2 aromatic rings. The molecule has 4 rings (SSSR count). The van der Waals surface area contributed by atoms with Gasteiger partial charge in [0, 0.05) is 32.2 Å². The highest BCUT2D eigenvalue weighted by atomic mass is 16.5. The Morgan fingerprint density at radius 2 is 1.90 bits per heavy atom. The second-order valence-electron chi connectivity index (χ2n) is 8.55. The summed E-state index contributed by atoms with van der Waals surface area (Å²) in [5.74, 6) is 1.28. The summed E-state index contributed by atoms with van der Waals surface area (Å²) >= 11 is 0. The molecule has 0 bridgehead atoms. The van der Waals surface area contributed by atoms with Gasteiger partial charge in [0.1, 0.15) is 5.76 Å². The van der Waals surface area contributed by atoms with Crippen molar-refractivity contribution in [3.8, 4) is 0 Å². The molecule has 0 spiro atoms. The first kappa shape index (κ1) is 20.0. The van der Waals surface area contributed by atoms with Crippen LogP contribution in [0.1, 0.15) is 60.4 Å². The average molecular weight is 399 g/mol. The van der Waals surface area contributed by atoms with E-state index in [9.17, 15) is 9.90 Å². The van der Waals surface area contributed by atoms with Crippen molar-refractivity contribution in [2.24, 2.45) is 0 Å². The summed E-state index contributed by atoms with van der Waals surface area (Å²) in [6.07, 6.45) is 3.27. The molecule has 0 unspecified atom stereocenters. The number of amides is 1. The van der Waals surface area contributed by atoms with Crippen LogP contribution in [0.25, 0.3) is 0 Å². The van der Waals surface area contributed by atoms with Crippen LogP contribution in [0.3, 0.4) is 0 Å². The number of aryl methyl sites for hydroxylation is 1. The van der Waals surface area contributed by atoms with Crippen LogP contribution < -0.4 is 10.2 Å². The van der Waals surface area contributed by atoms with E-state index in [0.717, 1.165) is 61.8 Å². The first-order chi connectivity index (χ1) is 13.9. The summed E-state index contributed by atoms with van der Waals surface area (Å²) in [6.45, 7) is 6.89. The van der Waals surface area contributed by atoms with E-state index in [1.807, 2.05) is 38.1 Å². The zero-order valence-corrected chi connectivity index (χ0v) is 17.2. The van der Waals surface area contributed by atoms with Crippen LogP contribution in [0.2, 0.25) is 0 Å². The summed E-state index contributed by atoms with van der Waals surface area (Å²) in [5, 5.41) is 13.3. The van der Waals surface area contributed by atoms with Crippen LogP contribution in [-0.2, 0) is 4.74 Å². The maximum absolute atomic E-state index is 12.9. The molecule has 2 fully saturated rings. The Balaban J connectivity index is 1.49. The van der Waals surface area contributed by atoms with Gasteiger partial charge in [0.05, 0.1) is 17.0 Å². The number of benzene rings is 1. The van der Waals surface area contributed by atoms with Gasteiger partial charge < -0.3 is 24.5 Å². The van der Waals surface area contributed by atoms with Crippen LogP contribution in [-0.4, -0.2) is 42.9 Å². The fourth-order valence-corrected chi connectivity index (χ4v) is 4.12. The molecule has 1 amide bonds. The number of nitrogens with zero attached hydrogens (tertiary/aromatic N) is 1. The molecule has 0 saturated carbocycles. The predicted molar refractivity (Wildman–Crippen MR) is 113 cm³/mol. The lowest BCUT2D eigenvalue weighted by molar-refractivity contribution is 0.0351. The molecule has 0 aliphatic carbocycles. The number of carbonyl (C=O) groups is 1. The molecule has 1 aromatic carbocycles. The maximum atomic E-state index is 12.9. The highest BCUT2D eigenvalue weighted by Gasteiger charge is 2.29. The number of nitrogens with one attached hydrogen (secondary N) is 1. The predicted octanol–water partition coefficient (Wildman–Crippen LogP) is 4.09. The van der Waals surface area contributed by atoms with Gasteiger partial charge in [-0.2, -0.15) is 0 Å². The minimum absolute atomic E-state index is 0.237. The Labute approximate surface area is 171 Å². The summed E-state index contributed by atoms with van der Waals surface area (Å²) < 4.78 is 11.3. The second-order valence-corrected chi connectivity index (χ2v) is 8.55. The van der Waals surface area contributed by atoms with E-state index >= 15 is 0 Å². The third-order valence-corrected chi connectivity index (χ3v) is 6.06. The van der Waals surface area contributed by atoms with Gasteiger partial charge in [0.2, 0.25) is 0 Å². The average Bonchev–Trinajstić information content (AvgIpc) is 3.20. The number of ether oxygens (including phenoxy) is 1. The Morgan fingerprint density at radius 1 is 1.17 bits per heavy atom. The van der Waals surface area contributed by atoms with Crippen molar-refractivity contribution < 1.29 is 19.1 Å². The van der Waals surface area contributed by atoms with Gasteiger partial charge in [-0.15, -0.1) is 0 Å². The number of rotatable bonds is 4. The summed E-state index contributed by atoms with van der Waals surface area (Å²) in [4.78, 5) is 15.1. The van der Waals surface area contributed by atoms with Crippen molar-refractivity contribution in [2.45, 2.75) is 51.0 Å². The van der Waals surface area contributed by atoms with Gasteiger partial charge in [-0.1, -0.05) is 6.07 Å². The quantitative estimate of drug-likeness (QED) is 0.812. The normalized spacial score (nSPS) is 19.9. The Kier molecular flexibility index (Phi) is 5.65. The number of aliphatic hydroxyl groups is 1. The van der Waals surface area contributed by atoms with Crippen molar-refractivity contribution in [3.63, 3.8) is 0 Å². The maximum Gasteiger partial charge on any atom is 0.291 e. The largest absolute Gasteiger partial charge is 0.456 e. The third-order valence-electron chi connectivity index (χ3n) is 6.06. The minimum atomic E-state index is -0.612. The summed E-state index contributed by atoms with van der Waals surface area (Å²) in [7, 11) is 0. The molecule has 6 heteroatoms. The van der Waals surface area contributed by atoms with E-state index in [1.54, 1.807) is 6.07 Å². The number of anilines is 2. The molecule has 2 aliphatic rings. The van der Waals surface area contributed by atoms with Gasteiger partial charge in [0.15, 0.2) is 5.76 Å². The molecule has 2 saturated heterocycles. The van der Waals surface area contributed by atoms with Crippen LogP contribution in [0, 0.1) is 6.92 Å². The highest BCUT2D eigenvalue weighted by molar-refractivity contribution is 6.04. The van der Waals surface area contributed by atoms with Gasteiger partial charge >= 0.3 is 0 Å². The van der Waals surface area contributed by atoms with Crippen LogP contribution in [0.5, 0.6) is 0 Å². The summed E-state index contributed by atoms with van der Waals surface area (Å²) in [5.41, 5.74) is 2.23. The lowest BCUT2D eigenvalue weighted by atomic mass is 9.93. The van der Waals surface area contributed by atoms with Crippen molar-refractivity contribution in [3.05, 3.63) is 47.4 Å². The molecule has 3 heterocycles. The van der Waals surface area contributed by atoms with Crippen LogP contribution in [0.4, 0.5) is 11.4 Å². The molecule has 0 radical (unpaired) electrons. The Bertz CT molecular complexity index is 858. The lowest BCUT2D eigenvalue weighted by Gasteiger charge is -2.38. The first-order valence-corrected chi connectivity index (χ1v) is 10.5. The zero-order chi connectivity index (χ0) is 20.4. The molecule has 1 aromatic heterocycles. The third kappa shape index (κ3) is 4.65. The highest BCUT2D eigenvalue weighted by Crippen LogP contribution is 2.33. The van der Waals surface area contributed by atoms with E-state index in [4.69, 9.17) is 9.15 Å². The van der Waals surface area contributed by atoms with E-state index < -0.39 is 5.60 Å². The lowest BCUT2D eigenvalue weighted by Crippen LogP contribution is -2.42. The van der Waals surface area contributed by atoms with E-state index in [0.29, 0.717) is 24.5 Å². The topological polar surface area (TPSA) is 74.9 Å². The number of hydrogen-bond donors (Lipinski definition) is 2. The van der Waals surface area contributed by atoms with Gasteiger partial charge in [-0.05, 0) is 69.4 Å². The number of furan rings is 1. The fourth-order valence-electron chi connectivity index (χ4n) is 4.12. The SMILES string of the molecule is Cc1ccc(N2CCC(C)(O)CC2)c(NC(=O)c2ccc(C3CCOCC3)o2)c1. The molecule has 6 nitrogen and oxygen atoms in total. The first-order valence-electron chi connectivity index (χ1n) is 10.5. The van der Waals surface area contributed by atoms with Gasteiger partial charge in [-0.25, -0.2) is 0 Å². The van der Waals surface area contributed by atoms with E-state index in [1.165, 1.54) is 0 Å². The van der Waals surface area contributed by atoms with Gasteiger partial charge in [-0.3, -0.25) is 4.79 Å². The Hall–Kier alpha value is -2.31. The molecule has 0 atom stereocenters. The zero-order valence-electron chi connectivity index (χ0n) is 17.2. The van der Waals surface area contributed by atoms with Gasteiger partial charge in [0.25, 0.3) is 5.91 Å². The van der Waals surface area contributed by atoms with Crippen LogP contribution >= 0.6 is 0 Å². The number of hydrogen-bond acceptors (Lipinski definition) is 5. The van der Waals surface area contributed by atoms with E-state index in [-0.39, 0.29) is 5.91 Å². The van der Waals surface area contributed by atoms with Crippen molar-refractivity contribution in [1.29, 1.82) is 0 Å².